The Kier molecular flexibility index (Phi) is 33.8. The van der Waals surface area contributed by atoms with Crippen molar-refractivity contribution in [1.82, 2.24) is 5.32 Å². The number of nitrogens with one attached hydrogen (secondary N) is 1. The number of carbonyl (C=O) groups is 2. The fourth-order valence-corrected chi connectivity index (χ4v) is 4.06. The van der Waals surface area contributed by atoms with Gasteiger partial charge in [0.15, 0.2) is 0 Å². The van der Waals surface area contributed by atoms with Crippen LogP contribution in [0.5, 0.6) is 5.75 Å². The minimum atomic E-state index is -2.35. The summed E-state index contributed by atoms with van der Waals surface area (Å²) < 4.78 is 141. The molecule has 1 rings (SSSR count). The highest BCUT2D eigenvalue weighted by atomic mass is 19.2. The van der Waals surface area contributed by atoms with E-state index in [1.165, 1.54) is 0 Å². The molecule has 0 unspecified atom stereocenters. The summed E-state index contributed by atoms with van der Waals surface area (Å²) in [5.41, 5.74) is -0.531. The van der Waals surface area contributed by atoms with E-state index in [0.29, 0.717) is 139 Å². The van der Waals surface area contributed by atoms with Crippen LogP contribution in [0.25, 0.3) is 0 Å². The minimum Gasteiger partial charge on any atom is -0.444 e. The first-order valence-electron chi connectivity index (χ1n) is 19.6. The van der Waals surface area contributed by atoms with E-state index in [1.54, 1.807) is 20.8 Å². The molecule has 0 bridgehead atoms. The number of hydrogen-bond acceptors (Lipinski definition) is 16. The smallest absolute Gasteiger partial charge is 0.407 e. The van der Waals surface area contributed by atoms with Gasteiger partial charge in [-0.25, -0.2) is 18.0 Å². The lowest BCUT2D eigenvalue weighted by Crippen LogP contribution is -2.34. The van der Waals surface area contributed by atoms with Crippen molar-refractivity contribution < 1.29 is 97.9 Å². The molecule has 0 heterocycles. The van der Waals surface area contributed by atoms with Crippen LogP contribution in [0, 0.1) is 29.1 Å². The van der Waals surface area contributed by atoms with E-state index in [2.05, 4.69) is 10.1 Å². The first kappa shape index (κ1) is 55.1. The molecule has 1 aromatic carbocycles. The maximum Gasteiger partial charge on any atom is 0.407 e. The molecule has 17 nitrogen and oxygen atoms in total. The summed E-state index contributed by atoms with van der Waals surface area (Å²) in [6, 6.07) is 0. The molecule has 0 saturated carbocycles. The SMILES string of the molecule is CC(C)(C)OC(=O)NCCOCCOCCOCCOCCOCCOCCOCCOCCOCCOCCOCCOCCC(=O)Oc1c(F)c(F)c(F)c(F)c1F. The van der Waals surface area contributed by atoms with Crippen LogP contribution in [0.1, 0.15) is 27.2 Å². The lowest BCUT2D eigenvalue weighted by molar-refractivity contribution is -0.136. The highest BCUT2D eigenvalue weighted by Crippen LogP contribution is 2.29. The van der Waals surface area contributed by atoms with Crippen LogP contribution in [0.2, 0.25) is 0 Å². The Hall–Kier alpha value is -2.87. The number of alkyl carbamates (subject to hydrolysis) is 1. The van der Waals surface area contributed by atoms with Crippen molar-refractivity contribution in [2.24, 2.45) is 0 Å². The Morgan fingerprint density at radius 1 is 0.400 bits per heavy atom. The van der Waals surface area contributed by atoms with Crippen molar-refractivity contribution in [3.8, 4) is 5.75 Å². The molecule has 1 aromatic rings. The fraction of sp³-hybridized carbons (Fsp3) is 0.789. The Morgan fingerprint density at radius 2 is 0.650 bits per heavy atom. The molecule has 60 heavy (non-hydrogen) atoms. The Morgan fingerprint density at radius 3 is 0.933 bits per heavy atom. The summed E-state index contributed by atoms with van der Waals surface area (Å²) in [6.45, 7) is 14.3. The second-order valence-corrected chi connectivity index (χ2v) is 12.9. The number of carbonyl (C=O) groups excluding carboxylic acids is 2. The van der Waals surface area contributed by atoms with E-state index in [0.717, 1.165) is 0 Å². The minimum absolute atomic E-state index is 0.0733. The van der Waals surface area contributed by atoms with Crippen LogP contribution >= 0.6 is 0 Å². The number of benzene rings is 1. The van der Waals surface area contributed by atoms with Gasteiger partial charge in [0.05, 0.1) is 165 Å². The number of ether oxygens (including phenoxy) is 14. The molecule has 0 radical (unpaired) electrons. The van der Waals surface area contributed by atoms with Gasteiger partial charge in [0.2, 0.25) is 34.8 Å². The van der Waals surface area contributed by atoms with Gasteiger partial charge in [-0.1, -0.05) is 0 Å². The van der Waals surface area contributed by atoms with Crippen molar-refractivity contribution in [2.45, 2.75) is 32.8 Å². The van der Waals surface area contributed by atoms with Gasteiger partial charge in [-0.2, -0.15) is 8.78 Å². The zero-order valence-corrected chi connectivity index (χ0v) is 34.8. The number of amides is 1. The molecule has 1 amide bonds. The van der Waals surface area contributed by atoms with Gasteiger partial charge < -0.3 is 71.6 Å². The van der Waals surface area contributed by atoms with Crippen molar-refractivity contribution in [3.05, 3.63) is 29.1 Å². The first-order chi connectivity index (χ1) is 28.9. The van der Waals surface area contributed by atoms with E-state index in [-0.39, 0.29) is 26.4 Å². The number of esters is 1. The zero-order chi connectivity index (χ0) is 44.1. The second kappa shape index (κ2) is 36.8. The van der Waals surface area contributed by atoms with Crippen LogP contribution in [0.15, 0.2) is 0 Å². The monoisotopic (exact) mass is 883 g/mol. The third-order valence-corrected chi connectivity index (χ3v) is 6.84. The molecule has 0 spiro atoms. The topological polar surface area (TPSA) is 175 Å². The summed E-state index contributed by atoms with van der Waals surface area (Å²) in [5.74, 6) is -14.2. The summed E-state index contributed by atoms with van der Waals surface area (Å²) in [4.78, 5) is 23.2. The predicted octanol–water partition coefficient (Wildman–Crippen LogP) is 3.40. The largest absolute Gasteiger partial charge is 0.444 e. The first-order valence-corrected chi connectivity index (χ1v) is 19.6. The molecular weight excluding hydrogens is 821 g/mol. The van der Waals surface area contributed by atoms with E-state index in [9.17, 15) is 31.5 Å². The molecule has 0 saturated heterocycles. The average molecular weight is 884 g/mol. The van der Waals surface area contributed by atoms with Gasteiger partial charge in [-0.15, -0.1) is 0 Å². The molecule has 0 aliphatic rings. The van der Waals surface area contributed by atoms with E-state index >= 15 is 0 Å². The predicted molar refractivity (Wildman–Crippen MR) is 201 cm³/mol. The third-order valence-electron chi connectivity index (χ3n) is 6.84. The number of halogens is 5. The quantitative estimate of drug-likeness (QED) is 0.0253. The Balaban J connectivity index is 1.70. The van der Waals surface area contributed by atoms with E-state index in [1.807, 2.05) is 0 Å². The van der Waals surface area contributed by atoms with Gasteiger partial charge in [0.1, 0.15) is 5.60 Å². The maximum atomic E-state index is 13.6. The fourth-order valence-electron chi connectivity index (χ4n) is 4.06. The molecule has 0 atom stereocenters. The number of rotatable bonds is 40. The molecule has 0 fully saturated rings. The number of hydrogen-bond donors (Lipinski definition) is 1. The van der Waals surface area contributed by atoms with Crippen molar-refractivity contribution in [2.75, 3.05) is 165 Å². The molecule has 0 aromatic heterocycles. The standard InChI is InChI=1S/C38H62F5NO16/c1-38(2,3)60-37(46)44-5-7-48-9-11-50-13-15-52-17-19-54-21-23-56-25-27-58-29-28-57-26-24-55-22-20-53-18-16-51-14-12-49-10-8-47-6-4-30(45)59-36-34(42)32(40)31(39)33(41)35(36)43/h4-29H2,1-3H3,(H,44,46). The molecule has 22 heteroatoms. The van der Waals surface area contributed by atoms with Gasteiger partial charge in [-0.05, 0) is 20.8 Å². The molecule has 0 aliphatic carbocycles. The summed E-state index contributed by atoms with van der Waals surface area (Å²) in [7, 11) is 0. The molecule has 1 N–H and O–H groups in total. The summed E-state index contributed by atoms with van der Waals surface area (Å²) in [5, 5.41) is 2.61. The summed E-state index contributed by atoms with van der Waals surface area (Å²) in [6.07, 6.45) is -0.964. The van der Waals surface area contributed by atoms with E-state index in [4.69, 9.17) is 61.6 Å². The summed E-state index contributed by atoms with van der Waals surface area (Å²) >= 11 is 0. The Labute approximate surface area is 347 Å². The normalized spacial score (nSPS) is 11.7. The second-order valence-electron chi connectivity index (χ2n) is 12.9. The lowest BCUT2D eigenvalue weighted by Gasteiger charge is -2.19. The van der Waals surface area contributed by atoms with Crippen molar-refractivity contribution >= 4 is 12.1 Å². The maximum absolute atomic E-state index is 13.6. The van der Waals surface area contributed by atoms with Crippen LogP contribution in [0.4, 0.5) is 26.7 Å². The molecule has 350 valence electrons. The zero-order valence-electron chi connectivity index (χ0n) is 34.8. The van der Waals surface area contributed by atoms with Crippen LogP contribution in [0.3, 0.4) is 0 Å². The van der Waals surface area contributed by atoms with Crippen molar-refractivity contribution in [1.29, 1.82) is 0 Å². The van der Waals surface area contributed by atoms with Gasteiger partial charge in [0.25, 0.3) is 0 Å². The Bertz CT molecular complexity index is 1220. The highest BCUT2D eigenvalue weighted by molar-refractivity contribution is 5.72. The highest BCUT2D eigenvalue weighted by Gasteiger charge is 2.28. The van der Waals surface area contributed by atoms with Gasteiger partial charge >= 0.3 is 12.1 Å². The average Bonchev–Trinajstić information content (AvgIpc) is 3.21. The van der Waals surface area contributed by atoms with Crippen LogP contribution in [-0.4, -0.2) is 183 Å². The molecular formula is C38H62F5NO16. The van der Waals surface area contributed by atoms with E-state index < -0.39 is 58.9 Å². The van der Waals surface area contributed by atoms with Crippen molar-refractivity contribution in [3.63, 3.8) is 0 Å². The lowest BCUT2D eigenvalue weighted by atomic mass is 10.2. The van der Waals surface area contributed by atoms with Crippen LogP contribution in [-0.2, 0) is 66.4 Å². The molecule has 0 aliphatic heterocycles. The van der Waals surface area contributed by atoms with Gasteiger partial charge in [-0.3, -0.25) is 4.79 Å². The van der Waals surface area contributed by atoms with Crippen LogP contribution < -0.4 is 10.1 Å². The third kappa shape index (κ3) is 31.0. The van der Waals surface area contributed by atoms with Gasteiger partial charge in [0, 0.05) is 6.54 Å².